The summed E-state index contributed by atoms with van der Waals surface area (Å²) in [5, 5.41) is 16.1. The Bertz CT molecular complexity index is 2740. The highest BCUT2D eigenvalue weighted by molar-refractivity contribution is 7.90. The predicted octanol–water partition coefficient (Wildman–Crippen LogP) is 8.97. The molecule has 5 fully saturated rings. The molecular weight excluding hydrogens is 843 g/mol. The lowest BCUT2D eigenvalue weighted by Crippen LogP contribution is -2.55. The van der Waals surface area contributed by atoms with E-state index >= 15 is 0 Å². The molecule has 1 atom stereocenters. The van der Waals surface area contributed by atoms with E-state index < -0.39 is 31.4 Å². The number of ether oxygens (including phenoxy) is 1. The van der Waals surface area contributed by atoms with Crippen molar-refractivity contribution in [1.29, 1.82) is 0 Å². The van der Waals surface area contributed by atoms with Crippen LogP contribution >= 0.6 is 0 Å². The summed E-state index contributed by atoms with van der Waals surface area (Å²) in [6.07, 6.45) is 18.1. The van der Waals surface area contributed by atoms with Crippen molar-refractivity contribution in [3.05, 3.63) is 99.9 Å². The van der Waals surface area contributed by atoms with Crippen LogP contribution in [0.3, 0.4) is 0 Å². The first-order valence-electron chi connectivity index (χ1n) is 23.7. The lowest BCUT2D eigenvalue weighted by molar-refractivity contribution is -0.384. The van der Waals surface area contributed by atoms with E-state index in [0.29, 0.717) is 66.0 Å². The number of aromatic nitrogens is 3. The molecule has 1 spiro atoms. The molecule has 3 aliphatic carbocycles. The highest BCUT2D eigenvalue weighted by Gasteiger charge is 2.50. The number of H-pyrrole nitrogens is 1. The van der Waals surface area contributed by atoms with Crippen LogP contribution in [0.5, 0.6) is 5.88 Å². The summed E-state index contributed by atoms with van der Waals surface area (Å²) in [6, 6.07) is 20.7. The van der Waals surface area contributed by atoms with Gasteiger partial charge >= 0.3 is 5.69 Å². The lowest BCUT2D eigenvalue weighted by Gasteiger charge is -2.56. The summed E-state index contributed by atoms with van der Waals surface area (Å²) in [4.78, 5) is 44.6. The van der Waals surface area contributed by atoms with E-state index in [-0.39, 0.29) is 11.4 Å². The third-order valence-electron chi connectivity index (χ3n) is 15.4. The van der Waals surface area contributed by atoms with Gasteiger partial charge in [0.1, 0.15) is 22.8 Å². The molecule has 15 nitrogen and oxygen atoms in total. The number of likely N-dealkylation sites (tertiary alicyclic amines) is 1. The van der Waals surface area contributed by atoms with Gasteiger partial charge < -0.3 is 24.8 Å². The SMILES string of the molecule is O=C(NS(=O)(=O)c1cnc(NCC2CCCCC2)c([N+](=O)[O-])c1)c1ccc(N2CCC3(CC2)CC(N2CCC[C@H]2c2ccccc2C2CC2)C3)cc1N1CCOc2nc3[nH]ccc3cc21. The molecule has 0 radical (unpaired) electrons. The molecule has 0 unspecified atom stereocenters. The number of benzene rings is 2. The second-order valence-electron chi connectivity index (χ2n) is 19.4. The van der Waals surface area contributed by atoms with E-state index in [1.807, 2.05) is 35.4 Å². The number of aromatic amines is 1. The number of fused-ring (bicyclic) bond motifs is 2. The number of hydrogen-bond acceptors (Lipinski definition) is 12. The van der Waals surface area contributed by atoms with Gasteiger partial charge in [-0.25, -0.2) is 18.1 Å². The Morgan fingerprint density at radius 3 is 2.49 bits per heavy atom. The number of rotatable bonds is 12. The van der Waals surface area contributed by atoms with Crippen LogP contribution in [-0.2, 0) is 10.0 Å². The molecule has 3 N–H and O–H groups in total. The predicted molar refractivity (Wildman–Crippen MR) is 250 cm³/mol. The second kappa shape index (κ2) is 16.9. The normalized spacial score (nSPS) is 21.5. The zero-order valence-corrected chi connectivity index (χ0v) is 37.5. The zero-order valence-electron chi connectivity index (χ0n) is 36.7. The summed E-state index contributed by atoms with van der Waals surface area (Å²) in [5.41, 5.74) is 5.92. The molecule has 65 heavy (non-hydrogen) atoms. The largest absolute Gasteiger partial charge is 0.474 e. The van der Waals surface area contributed by atoms with Crippen molar-refractivity contribution >= 4 is 55.5 Å². The number of carbonyl (C=O) groups excluding carboxylic acids is 1. The van der Waals surface area contributed by atoms with Crippen LogP contribution < -0.4 is 24.6 Å². The fourth-order valence-electron chi connectivity index (χ4n) is 11.7. The van der Waals surface area contributed by atoms with Crippen LogP contribution in [0.25, 0.3) is 11.0 Å². The molecule has 0 bridgehead atoms. The molecule has 6 heterocycles. The lowest BCUT2D eigenvalue weighted by atomic mass is 9.59. The Kier molecular flexibility index (Phi) is 10.9. The molecule has 6 aliphatic rings. The van der Waals surface area contributed by atoms with Gasteiger partial charge in [-0.1, -0.05) is 43.5 Å². The maximum atomic E-state index is 14.3. The standard InChI is InChI=1S/C49H57N9O6S/c59-47(54-65(62,63)37-27-43(58(60)61)46(52-31-37)51-30-32-7-2-1-3-8-32)40-15-14-35(26-42(40)57-23-24-64-48-44(57)25-34-16-19-50-45(34)53-48)55-21-17-49(18-22-55)28-36(29-49)56-20-6-11-41(56)39-10-5-4-9-38(39)33-12-13-33/h4-5,9-10,14-16,19,25-27,31-33,36,41H,1-3,6-8,11-13,17-18,20-24,28-30H2,(H,50,53)(H,51,52)(H,54,59)/t41-/m0/s1. The quantitative estimate of drug-likeness (QED) is 0.0801. The van der Waals surface area contributed by atoms with Gasteiger partial charge in [-0.3, -0.25) is 19.8 Å². The maximum Gasteiger partial charge on any atom is 0.312 e. The Hall–Kier alpha value is -5.74. The van der Waals surface area contributed by atoms with E-state index in [1.165, 1.54) is 51.5 Å². The fourth-order valence-corrected chi connectivity index (χ4v) is 12.6. The number of nitro groups is 1. The van der Waals surface area contributed by atoms with E-state index in [9.17, 15) is 23.3 Å². The minimum atomic E-state index is -4.59. The zero-order chi connectivity index (χ0) is 44.3. The first-order valence-corrected chi connectivity index (χ1v) is 25.2. The van der Waals surface area contributed by atoms with Crippen molar-refractivity contribution in [3.8, 4) is 5.88 Å². The van der Waals surface area contributed by atoms with Crippen LogP contribution in [0.15, 0.2) is 78.0 Å². The molecule has 340 valence electrons. The third-order valence-corrected chi connectivity index (χ3v) is 16.7. The summed E-state index contributed by atoms with van der Waals surface area (Å²) >= 11 is 0. The van der Waals surface area contributed by atoms with Crippen LogP contribution in [0.2, 0.25) is 0 Å². The van der Waals surface area contributed by atoms with Gasteiger partial charge in [0.15, 0.2) is 0 Å². The number of nitrogens with zero attached hydrogens (tertiary/aromatic N) is 6. The molecule has 1 amide bonds. The first kappa shape index (κ1) is 41.9. The molecule has 3 aromatic heterocycles. The van der Waals surface area contributed by atoms with E-state index in [1.54, 1.807) is 17.2 Å². The van der Waals surface area contributed by atoms with Gasteiger partial charge in [0.05, 0.1) is 28.9 Å². The van der Waals surface area contributed by atoms with E-state index in [4.69, 9.17) is 9.72 Å². The number of piperidine rings is 1. The highest BCUT2D eigenvalue weighted by atomic mass is 32.2. The third kappa shape index (κ3) is 8.17. The van der Waals surface area contributed by atoms with Gasteiger partial charge in [-0.05, 0) is 129 Å². The Morgan fingerprint density at radius 1 is 0.908 bits per heavy atom. The van der Waals surface area contributed by atoms with Crippen molar-refractivity contribution in [3.63, 3.8) is 0 Å². The van der Waals surface area contributed by atoms with Crippen LogP contribution in [0.4, 0.5) is 28.6 Å². The number of hydrogen-bond donors (Lipinski definition) is 3. The van der Waals surface area contributed by atoms with Gasteiger partial charge in [0.2, 0.25) is 11.7 Å². The minimum absolute atomic E-state index is 0.00568. The molecule has 3 saturated carbocycles. The Balaban J connectivity index is 0.830. The van der Waals surface area contributed by atoms with Crippen molar-refractivity contribution in [2.45, 2.75) is 106 Å². The fraction of sp³-hybridized carbons (Fsp3) is 0.490. The average molecular weight is 900 g/mol. The van der Waals surface area contributed by atoms with Crippen LogP contribution in [-0.4, -0.2) is 84.5 Å². The summed E-state index contributed by atoms with van der Waals surface area (Å²) in [5.74, 6) is 0.660. The van der Waals surface area contributed by atoms with Crippen LogP contribution in [0, 0.1) is 21.4 Å². The monoisotopic (exact) mass is 899 g/mol. The molecule has 2 saturated heterocycles. The van der Waals surface area contributed by atoms with Gasteiger partial charge in [-0.15, -0.1) is 0 Å². The van der Waals surface area contributed by atoms with Crippen molar-refractivity contribution < 1.29 is 22.9 Å². The first-order chi connectivity index (χ1) is 31.6. The number of amides is 1. The van der Waals surface area contributed by atoms with Gasteiger partial charge in [0.25, 0.3) is 15.9 Å². The maximum absolute atomic E-state index is 14.3. The topological polar surface area (TPSA) is 179 Å². The number of carbonyl (C=O) groups is 1. The van der Waals surface area contributed by atoms with Crippen molar-refractivity contribution in [1.82, 2.24) is 24.6 Å². The van der Waals surface area contributed by atoms with Gasteiger partial charge in [-0.2, -0.15) is 4.98 Å². The Labute approximate surface area is 379 Å². The summed E-state index contributed by atoms with van der Waals surface area (Å²) in [6.45, 7) is 4.13. The minimum Gasteiger partial charge on any atom is -0.474 e. The number of sulfonamides is 1. The van der Waals surface area contributed by atoms with Crippen molar-refractivity contribution in [2.24, 2.45) is 11.3 Å². The summed E-state index contributed by atoms with van der Waals surface area (Å²) in [7, 11) is -4.59. The highest BCUT2D eigenvalue weighted by Crippen LogP contribution is 2.55. The molecule has 2 aromatic carbocycles. The molecule has 3 aliphatic heterocycles. The molecule has 16 heteroatoms. The molecule has 5 aromatic rings. The molecular formula is C49H57N9O6S. The van der Waals surface area contributed by atoms with E-state index in [2.05, 4.69) is 54.1 Å². The number of pyridine rings is 2. The second-order valence-corrected chi connectivity index (χ2v) is 21.1. The van der Waals surface area contributed by atoms with Gasteiger partial charge in [0, 0.05) is 55.1 Å². The number of anilines is 4. The summed E-state index contributed by atoms with van der Waals surface area (Å²) < 4.78 is 36.0. The average Bonchev–Trinajstić information content (AvgIpc) is 3.87. The number of nitrogens with one attached hydrogen (secondary N) is 3. The van der Waals surface area contributed by atoms with Crippen molar-refractivity contribution in [2.75, 3.05) is 54.4 Å². The van der Waals surface area contributed by atoms with Crippen LogP contribution in [0.1, 0.15) is 117 Å². The Morgan fingerprint density at radius 2 is 1.71 bits per heavy atom. The van der Waals surface area contributed by atoms with E-state index in [0.717, 1.165) is 80.9 Å². The molecule has 11 rings (SSSR count). The smallest absolute Gasteiger partial charge is 0.312 e.